The summed E-state index contributed by atoms with van der Waals surface area (Å²) >= 11 is 0. The lowest BCUT2D eigenvalue weighted by Crippen LogP contribution is -2.47. The highest BCUT2D eigenvalue weighted by atomic mass is 16.3. The van der Waals surface area contributed by atoms with Crippen LogP contribution in [0.2, 0.25) is 0 Å². The number of hydrazine groups is 1. The summed E-state index contributed by atoms with van der Waals surface area (Å²) in [6.07, 6.45) is 1.97. The molecule has 0 atom stereocenters. The lowest BCUT2D eigenvalue weighted by atomic mass is 10.1. The number of furan rings is 1. The third-order valence-corrected chi connectivity index (χ3v) is 2.82. The molecule has 1 aromatic rings. The number of nitrogens with one attached hydrogen (secondary N) is 3. The second-order valence-corrected chi connectivity index (χ2v) is 5.20. The maximum absolute atomic E-state index is 11.8. The average molecular weight is 281 g/mol. The molecule has 0 fully saturated rings. The van der Waals surface area contributed by atoms with Gasteiger partial charge in [-0.1, -0.05) is 13.8 Å². The summed E-state index contributed by atoms with van der Waals surface area (Å²) in [4.78, 5) is 23.2. The first-order valence-electron chi connectivity index (χ1n) is 6.81. The van der Waals surface area contributed by atoms with Crippen LogP contribution in [0.25, 0.3) is 0 Å². The van der Waals surface area contributed by atoms with E-state index in [1.165, 1.54) is 0 Å². The van der Waals surface area contributed by atoms with E-state index in [4.69, 9.17) is 4.42 Å². The number of hydrogen-bond donors (Lipinski definition) is 3. The normalized spacial score (nSPS) is 10.4. The molecule has 0 unspecified atom stereocenters. The Labute approximate surface area is 119 Å². The molecule has 6 heteroatoms. The van der Waals surface area contributed by atoms with Gasteiger partial charge < -0.3 is 9.73 Å². The lowest BCUT2D eigenvalue weighted by molar-refractivity contribution is 0.0934. The maximum Gasteiger partial charge on any atom is 0.333 e. The minimum Gasteiger partial charge on any atom is -0.466 e. The molecule has 0 saturated carbocycles. The van der Waals surface area contributed by atoms with Gasteiger partial charge in [0, 0.05) is 6.54 Å². The highest BCUT2D eigenvalue weighted by Crippen LogP contribution is 2.12. The van der Waals surface area contributed by atoms with Crippen LogP contribution in [0.1, 0.15) is 48.6 Å². The second-order valence-electron chi connectivity index (χ2n) is 5.20. The summed E-state index contributed by atoms with van der Waals surface area (Å²) in [7, 11) is 0. The van der Waals surface area contributed by atoms with Crippen molar-refractivity contribution in [1.29, 1.82) is 0 Å². The van der Waals surface area contributed by atoms with Crippen LogP contribution in [-0.2, 0) is 0 Å². The van der Waals surface area contributed by atoms with E-state index in [9.17, 15) is 9.59 Å². The van der Waals surface area contributed by atoms with Gasteiger partial charge >= 0.3 is 6.03 Å². The molecule has 20 heavy (non-hydrogen) atoms. The molecule has 112 valence electrons. The Morgan fingerprint density at radius 1 is 1.25 bits per heavy atom. The number of carbonyl (C=O) groups excluding carboxylic acids is 2. The summed E-state index contributed by atoms with van der Waals surface area (Å²) in [6, 6.07) is 1.22. The molecule has 1 rings (SSSR count). The van der Waals surface area contributed by atoms with Gasteiger partial charge in [-0.15, -0.1) is 0 Å². The van der Waals surface area contributed by atoms with Crippen molar-refractivity contribution in [3.8, 4) is 0 Å². The molecular formula is C14H23N3O3. The third-order valence-electron chi connectivity index (χ3n) is 2.82. The zero-order valence-electron chi connectivity index (χ0n) is 12.5. The predicted octanol–water partition coefficient (Wildman–Crippen LogP) is 2.28. The first-order chi connectivity index (χ1) is 9.40. The fraction of sp³-hybridized carbons (Fsp3) is 0.571. The molecule has 0 aliphatic heterocycles. The molecule has 0 bridgehead atoms. The fourth-order valence-corrected chi connectivity index (χ4v) is 1.79. The molecule has 3 amide bonds. The Hall–Kier alpha value is -1.98. The van der Waals surface area contributed by atoms with Crippen LogP contribution in [0.5, 0.6) is 0 Å². The van der Waals surface area contributed by atoms with Crippen LogP contribution in [0, 0.1) is 19.8 Å². The Morgan fingerprint density at radius 2 is 1.95 bits per heavy atom. The van der Waals surface area contributed by atoms with E-state index < -0.39 is 11.9 Å². The molecule has 1 heterocycles. The van der Waals surface area contributed by atoms with Gasteiger partial charge in [0.05, 0.1) is 5.56 Å². The molecule has 0 aliphatic rings. The van der Waals surface area contributed by atoms with E-state index >= 15 is 0 Å². The zero-order valence-corrected chi connectivity index (χ0v) is 12.5. The topological polar surface area (TPSA) is 83.4 Å². The minimum absolute atomic E-state index is 0.392. The van der Waals surface area contributed by atoms with Gasteiger partial charge in [0.15, 0.2) is 0 Å². The second kappa shape index (κ2) is 7.57. The minimum atomic E-state index is -0.417. The molecule has 3 N–H and O–H groups in total. The van der Waals surface area contributed by atoms with Crippen LogP contribution >= 0.6 is 0 Å². The zero-order chi connectivity index (χ0) is 15.1. The van der Waals surface area contributed by atoms with Gasteiger partial charge in [-0.2, -0.15) is 0 Å². The molecule has 0 saturated heterocycles. The van der Waals surface area contributed by atoms with Crippen LogP contribution < -0.4 is 16.2 Å². The van der Waals surface area contributed by atoms with Gasteiger partial charge in [-0.05, 0) is 38.7 Å². The van der Waals surface area contributed by atoms with Crippen molar-refractivity contribution >= 4 is 11.9 Å². The molecule has 6 nitrogen and oxygen atoms in total. The number of amides is 3. The molecule has 0 aromatic carbocycles. The number of urea groups is 1. The highest BCUT2D eigenvalue weighted by molar-refractivity contribution is 5.96. The Bertz CT molecular complexity index is 466. The summed E-state index contributed by atoms with van der Waals surface area (Å²) in [6.45, 7) is 8.32. The van der Waals surface area contributed by atoms with Gasteiger partial charge in [-0.3, -0.25) is 10.2 Å². The van der Waals surface area contributed by atoms with E-state index in [-0.39, 0.29) is 0 Å². The standard InChI is InChI=1S/C14H23N3O3/c1-9(2)6-5-7-15-14(19)17-16-13(18)12-8-10(3)20-11(12)4/h8-9H,5-7H2,1-4H3,(H,16,18)(H2,15,17,19). The van der Waals surface area contributed by atoms with E-state index in [0.29, 0.717) is 29.5 Å². The Balaban J connectivity index is 2.27. The molecule has 1 aromatic heterocycles. The van der Waals surface area contributed by atoms with Gasteiger partial charge in [0.25, 0.3) is 5.91 Å². The first-order valence-corrected chi connectivity index (χ1v) is 6.81. The third kappa shape index (κ3) is 5.34. The monoisotopic (exact) mass is 281 g/mol. The van der Waals surface area contributed by atoms with Gasteiger partial charge in [0.2, 0.25) is 0 Å². The molecule has 0 spiro atoms. The lowest BCUT2D eigenvalue weighted by Gasteiger charge is -2.09. The number of aryl methyl sites for hydroxylation is 2. The molecule has 0 radical (unpaired) electrons. The van der Waals surface area contributed by atoms with Crippen molar-refractivity contribution in [2.45, 2.75) is 40.5 Å². The predicted molar refractivity (Wildman–Crippen MR) is 76.3 cm³/mol. The fourth-order valence-electron chi connectivity index (χ4n) is 1.79. The molecule has 0 aliphatic carbocycles. The first kappa shape index (κ1) is 16.1. The van der Waals surface area contributed by atoms with Crippen molar-refractivity contribution in [3.05, 3.63) is 23.2 Å². The number of carbonyl (C=O) groups is 2. The average Bonchev–Trinajstić information content (AvgIpc) is 2.70. The van der Waals surface area contributed by atoms with Gasteiger partial charge in [0.1, 0.15) is 11.5 Å². The summed E-state index contributed by atoms with van der Waals surface area (Å²) in [5, 5.41) is 2.68. The van der Waals surface area contributed by atoms with E-state index in [2.05, 4.69) is 30.0 Å². The highest BCUT2D eigenvalue weighted by Gasteiger charge is 2.13. The van der Waals surface area contributed by atoms with Crippen molar-refractivity contribution in [1.82, 2.24) is 16.2 Å². The van der Waals surface area contributed by atoms with Crippen LogP contribution in [0.4, 0.5) is 4.79 Å². The quantitative estimate of drug-likeness (QED) is 0.572. The molecular weight excluding hydrogens is 258 g/mol. The Morgan fingerprint density at radius 3 is 2.50 bits per heavy atom. The van der Waals surface area contributed by atoms with E-state index in [1.807, 2.05) is 0 Å². The van der Waals surface area contributed by atoms with E-state index in [0.717, 1.165) is 12.8 Å². The van der Waals surface area contributed by atoms with Crippen LogP contribution in [0.3, 0.4) is 0 Å². The van der Waals surface area contributed by atoms with Crippen LogP contribution in [-0.4, -0.2) is 18.5 Å². The maximum atomic E-state index is 11.8. The Kier molecular flexibility index (Phi) is 6.09. The number of hydrogen-bond acceptors (Lipinski definition) is 3. The van der Waals surface area contributed by atoms with Crippen LogP contribution in [0.15, 0.2) is 10.5 Å². The summed E-state index contributed by atoms with van der Waals surface area (Å²) < 4.78 is 5.26. The van der Waals surface area contributed by atoms with Crippen molar-refractivity contribution in [2.24, 2.45) is 5.92 Å². The van der Waals surface area contributed by atoms with Crippen molar-refractivity contribution in [2.75, 3.05) is 6.54 Å². The van der Waals surface area contributed by atoms with E-state index in [1.54, 1.807) is 19.9 Å². The SMILES string of the molecule is Cc1cc(C(=O)NNC(=O)NCCCC(C)C)c(C)o1. The van der Waals surface area contributed by atoms with Crippen molar-refractivity contribution < 1.29 is 14.0 Å². The smallest absolute Gasteiger partial charge is 0.333 e. The van der Waals surface area contributed by atoms with Gasteiger partial charge in [-0.25, -0.2) is 10.2 Å². The largest absolute Gasteiger partial charge is 0.466 e. The summed E-state index contributed by atoms with van der Waals surface area (Å²) in [5.41, 5.74) is 5.07. The number of rotatable bonds is 5. The summed E-state index contributed by atoms with van der Waals surface area (Å²) in [5.74, 6) is 1.41. The van der Waals surface area contributed by atoms with Crippen molar-refractivity contribution in [3.63, 3.8) is 0 Å².